The molecule has 0 saturated heterocycles. The van der Waals surface area contributed by atoms with Crippen LogP contribution in [0.5, 0.6) is 0 Å². The van der Waals surface area contributed by atoms with Crippen molar-refractivity contribution in [1.82, 2.24) is 0 Å². The van der Waals surface area contributed by atoms with Crippen LogP contribution < -0.4 is 10.6 Å². The van der Waals surface area contributed by atoms with Gasteiger partial charge in [0, 0.05) is 24.3 Å². The molecule has 0 aliphatic heterocycles. The first-order chi connectivity index (χ1) is 7.06. The van der Waals surface area contributed by atoms with Crippen LogP contribution in [0.1, 0.15) is 10.4 Å². The van der Waals surface area contributed by atoms with Crippen molar-refractivity contribution >= 4 is 23.2 Å². The summed E-state index contributed by atoms with van der Waals surface area (Å²) in [5.41, 5.74) is 6.26. The molecule has 5 heteroatoms. The number of carbonyl (C=O) groups excluding carboxylic acids is 1. The molecular formula is C10H13ClN2O2. The lowest BCUT2D eigenvalue weighted by atomic mass is 10.1. The Balaban J connectivity index is 3.10. The number of anilines is 1. The molecular weight excluding hydrogens is 216 g/mol. The van der Waals surface area contributed by atoms with E-state index in [-0.39, 0.29) is 6.61 Å². The molecule has 15 heavy (non-hydrogen) atoms. The van der Waals surface area contributed by atoms with E-state index in [1.165, 1.54) is 6.07 Å². The van der Waals surface area contributed by atoms with Crippen LogP contribution in [0.2, 0.25) is 5.02 Å². The molecule has 1 aromatic carbocycles. The quantitative estimate of drug-likeness (QED) is 0.804. The molecule has 1 rings (SSSR count). The Labute approximate surface area is 93.2 Å². The van der Waals surface area contributed by atoms with Crippen molar-refractivity contribution in [3.8, 4) is 0 Å². The van der Waals surface area contributed by atoms with Crippen LogP contribution in [0.3, 0.4) is 0 Å². The second-order valence-electron chi connectivity index (χ2n) is 3.17. The lowest BCUT2D eigenvalue weighted by Gasteiger charge is -2.20. The van der Waals surface area contributed by atoms with Gasteiger partial charge in [0.05, 0.1) is 12.2 Å². The largest absolute Gasteiger partial charge is 0.395 e. The van der Waals surface area contributed by atoms with Crippen LogP contribution in [0, 0.1) is 0 Å². The second-order valence-corrected chi connectivity index (χ2v) is 3.61. The third-order valence-corrected chi connectivity index (χ3v) is 2.31. The Kier molecular flexibility index (Phi) is 3.94. The number of aliphatic hydroxyl groups excluding tert-OH is 1. The topological polar surface area (TPSA) is 66.6 Å². The minimum absolute atomic E-state index is 0.0112. The van der Waals surface area contributed by atoms with Gasteiger partial charge < -0.3 is 15.7 Å². The maximum absolute atomic E-state index is 11.2. The van der Waals surface area contributed by atoms with Crippen LogP contribution in [0.25, 0.3) is 0 Å². The van der Waals surface area contributed by atoms with Gasteiger partial charge >= 0.3 is 0 Å². The van der Waals surface area contributed by atoms with Gasteiger partial charge in [-0.2, -0.15) is 0 Å². The lowest BCUT2D eigenvalue weighted by molar-refractivity contribution is 0.100. The number of carbonyl (C=O) groups is 1. The summed E-state index contributed by atoms with van der Waals surface area (Å²) in [5.74, 6) is -0.530. The van der Waals surface area contributed by atoms with Gasteiger partial charge in [-0.1, -0.05) is 11.6 Å². The summed E-state index contributed by atoms with van der Waals surface area (Å²) in [6, 6.07) is 4.91. The summed E-state index contributed by atoms with van der Waals surface area (Å²) < 4.78 is 0. The molecule has 0 unspecified atom stereocenters. The van der Waals surface area contributed by atoms with Crippen molar-refractivity contribution in [3.63, 3.8) is 0 Å². The van der Waals surface area contributed by atoms with E-state index >= 15 is 0 Å². The third-order valence-electron chi connectivity index (χ3n) is 2.07. The Morgan fingerprint density at radius 3 is 2.80 bits per heavy atom. The lowest BCUT2D eigenvalue weighted by Crippen LogP contribution is -2.25. The van der Waals surface area contributed by atoms with Gasteiger partial charge in [0.1, 0.15) is 0 Å². The Bertz CT molecular complexity index is 368. The van der Waals surface area contributed by atoms with Crippen LogP contribution in [-0.4, -0.2) is 31.2 Å². The molecule has 0 radical (unpaired) electrons. The Morgan fingerprint density at radius 1 is 1.60 bits per heavy atom. The van der Waals surface area contributed by atoms with Crippen LogP contribution in [0.4, 0.5) is 5.69 Å². The van der Waals surface area contributed by atoms with Gasteiger partial charge in [-0.05, 0) is 18.2 Å². The number of rotatable bonds is 4. The summed E-state index contributed by atoms with van der Waals surface area (Å²) in [7, 11) is 1.77. The summed E-state index contributed by atoms with van der Waals surface area (Å²) in [6.45, 7) is 0.444. The van der Waals surface area contributed by atoms with Gasteiger partial charge in [-0.3, -0.25) is 4.79 Å². The Hall–Kier alpha value is -1.26. The van der Waals surface area contributed by atoms with Crippen molar-refractivity contribution in [3.05, 3.63) is 28.8 Å². The number of amides is 1. The number of primary amides is 1. The highest BCUT2D eigenvalue weighted by molar-refractivity contribution is 6.31. The number of aliphatic hydroxyl groups is 1. The monoisotopic (exact) mass is 228 g/mol. The van der Waals surface area contributed by atoms with Crippen LogP contribution in [0.15, 0.2) is 18.2 Å². The first-order valence-electron chi connectivity index (χ1n) is 4.47. The van der Waals surface area contributed by atoms with Crippen molar-refractivity contribution < 1.29 is 9.90 Å². The number of likely N-dealkylation sites (N-methyl/N-ethyl adjacent to an activating group) is 1. The van der Waals surface area contributed by atoms with Crippen LogP contribution in [-0.2, 0) is 0 Å². The van der Waals surface area contributed by atoms with Gasteiger partial charge in [0.2, 0.25) is 0 Å². The van der Waals surface area contributed by atoms with Crippen molar-refractivity contribution in [2.75, 3.05) is 25.1 Å². The van der Waals surface area contributed by atoms with E-state index in [0.29, 0.717) is 22.8 Å². The van der Waals surface area contributed by atoms with E-state index in [4.69, 9.17) is 22.4 Å². The molecule has 0 spiro atoms. The average Bonchev–Trinajstić information content (AvgIpc) is 2.17. The van der Waals surface area contributed by atoms with Crippen molar-refractivity contribution in [2.24, 2.45) is 5.73 Å². The van der Waals surface area contributed by atoms with Gasteiger partial charge in [-0.15, -0.1) is 0 Å². The molecule has 4 nitrogen and oxygen atoms in total. The van der Waals surface area contributed by atoms with Gasteiger partial charge in [0.15, 0.2) is 0 Å². The molecule has 0 atom stereocenters. The van der Waals surface area contributed by atoms with E-state index in [0.717, 1.165) is 0 Å². The molecule has 0 aromatic heterocycles. The zero-order valence-electron chi connectivity index (χ0n) is 8.40. The van der Waals surface area contributed by atoms with Crippen molar-refractivity contribution in [2.45, 2.75) is 0 Å². The van der Waals surface area contributed by atoms with E-state index in [1.807, 2.05) is 0 Å². The summed E-state index contributed by atoms with van der Waals surface area (Å²) in [4.78, 5) is 12.9. The molecule has 0 heterocycles. The minimum atomic E-state index is -0.530. The first-order valence-corrected chi connectivity index (χ1v) is 4.85. The normalized spacial score (nSPS) is 10.1. The molecule has 0 aliphatic rings. The average molecular weight is 229 g/mol. The standard InChI is InChI=1S/C10H13ClN2O2/c1-13(4-5-14)9-3-2-7(11)6-8(9)10(12)15/h2-3,6,14H,4-5H2,1H3,(H2,12,15). The SMILES string of the molecule is CN(CCO)c1ccc(Cl)cc1C(N)=O. The third kappa shape index (κ3) is 2.84. The zero-order chi connectivity index (χ0) is 11.4. The number of halogens is 1. The smallest absolute Gasteiger partial charge is 0.250 e. The minimum Gasteiger partial charge on any atom is -0.395 e. The second kappa shape index (κ2) is 5.00. The fourth-order valence-corrected chi connectivity index (χ4v) is 1.48. The molecule has 0 saturated carbocycles. The van der Waals surface area contributed by atoms with E-state index in [2.05, 4.69) is 0 Å². The number of nitrogens with zero attached hydrogens (tertiary/aromatic N) is 1. The predicted octanol–water partition coefficient (Wildman–Crippen LogP) is 0.867. The Morgan fingerprint density at radius 2 is 2.27 bits per heavy atom. The summed E-state index contributed by atoms with van der Waals surface area (Å²) in [5, 5.41) is 9.26. The maximum Gasteiger partial charge on any atom is 0.250 e. The highest BCUT2D eigenvalue weighted by atomic mass is 35.5. The molecule has 1 amide bonds. The van der Waals surface area contributed by atoms with Crippen molar-refractivity contribution in [1.29, 1.82) is 0 Å². The maximum atomic E-state index is 11.2. The number of nitrogens with two attached hydrogens (primary N) is 1. The molecule has 1 aromatic rings. The van der Waals surface area contributed by atoms with Crippen LogP contribution >= 0.6 is 11.6 Å². The van der Waals surface area contributed by atoms with E-state index < -0.39 is 5.91 Å². The zero-order valence-corrected chi connectivity index (χ0v) is 9.16. The molecule has 0 fully saturated rings. The summed E-state index contributed by atoms with van der Waals surface area (Å²) in [6.07, 6.45) is 0. The highest BCUT2D eigenvalue weighted by Crippen LogP contribution is 2.22. The molecule has 82 valence electrons. The first kappa shape index (κ1) is 11.8. The molecule has 3 N–H and O–H groups in total. The fourth-order valence-electron chi connectivity index (χ4n) is 1.31. The van der Waals surface area contributed by atoms with E-state index in [9.17, 15) is 4.79 Å². The molecule has 0 bridgehead atoms. The predicted molar refractivity (Wildman–Crippen MR) is 60.3 cm³/mol. The fraction of sp³-hybridized carbons (Fsp3) is 0.300. The molecule has 0 aliphatic carbocycles. The van der Waals surface area contributed by atoms with E-state index in [1.54, 1.807) is 24.1 Å². The number of benzene rings is 1. The number of hydrogen-bond acceptors (Lipinski definition) is 3. The van der Waals surface area contributed by atoms with Gasteiger partial charge in [0.25, 0.3) is 5.91 Å². The highest BCUT2D eigenvalue weighted by Gasteiger charge is 2.11. The number of hydrogen-bond donors (Lipinski definition) is 2. The van der Waals surface area contributed by atoms with Gasteiger partial charge in [-0.25, -0.2) is 0 Å². The summed E-state index contributed by atoms with van der Waals surface area (Å²) >= 11 is 5.77.